The van der Waals surface area contributed by atoms with Crippen molar-refractivity contribution in [1.82, 2.24) is 20.1 Å². The summed E-state index contributed by atoms with van der Waals surface area (Å²) >= 11 is 0. The van der Waals surface area contributed by atoms with Crippen molar-refractivity contribution in [3.8, 4) is 0 Å². The molecule has 1 amide bonds. The number of hydrogen-bond donors (Lipinski definition) is 2. The van der Waals surface area contributed by atoms with Crippen LogP contribution in [0.4, 0.5) is 0 Å². The van der Waals surface area contributed by atoms with E-state index in [0.717, 1.165) is 51.0 Å². The summed E-state index contributed by atoms with van der Waals surface area (Å²) in [6.07, 6.45) is 7.73. The molecule has 7 nitrogen and oxygen atoms in total. The van der Waals surface area contributed by atoms with E-state index in [1.807, 2.05) is 26.4 Å². The van der Waals surface area contributed by atoms with Gasteiger partial charge in [-0.15, -0.1) is 0 Å². The van der Waals surface area contributed by atoms with Crippen LogP contribution >= 0.6 is 0 Å². The van der Waals surface area contributed by atoms with Gasteiger partial charge in [-0.2, -0.15) is 0 Å². The van der Waals surface area contributed by atoms with Crippen LogP contribution in [-0.2, 0) is 11.3 Å². The standard InChI is InChI=1S/C20H33N5O2/c1-21-19(22-13-7-9-15-25-14-8-4-10-17(25)26)23-16-20(11-5-6-12-20)18(27)24(2)3/h4,8,10,14H,5-7,9,11-13,15-16H2,1-3H3,(H2,21,22,23). The average molecular weight is 376 g/mol. The fourth-order valence-corrected chi connectivity index (χ4v) is 3.73. The van der Waals surface area contributed by atoms with Crippen LogP contribution in [-0.4, -0.2) is 55.6 Å². The zero-order chi connectivity index (χ0) is 19.7. The summed E-state index contributed by atoms with van der Waals surface area (Å²) in [7, 11) is 5.40. The highest BCUT2D eigenvalue weighted by atomic mass is 16.2. The minimum atomic E-state index is -0.310. The van der Waals surface area contributed by atoms with E-state index in [-0.39, 0.29) is 16.9 Å². The number of unbranched alkanes of at least 4 members (excludes halogenated alkanes) is 1. The zero-order valence-corrected chi connectivity index (χ0v) is 16.8. The van der Waals surface area contributed by atoms with Gasteiger partial charge in [-0.3, -0.25) is 14.6 Å². The maximum atomic E-state index is 12.6. The molecular formula is C20H33N5O2. The Balaban J connectivity index is 1.74. The normalized spacial score (nSPS) is 16.2. The first-order chi connectivity index (χ1) is 13.0. The molecule has 0 aromatic carbocycles. The summed E-state index contributed by atoms with van der Waals surface area (Å²) in [5, 5.41) is 6.65. The molecule has 0 spiro atoms. The fraction of sp³-hybridized carbons (Fsp3) is 0.650. The number of aliphatic imine (C=N–C) groups is 1. The number of nitrogens with one attached hydrogen (secondary N) is 2. The summed E-state index contributed by atoms with van der Waals surface area (Å²) < 4.78 is 1.73. The number of carbonyl (C=O) groups is 1. The van der Waals surface area contributed by atoms with E-state index >= 15 is 0 Å². The van der Waals surface area contributed by atoms with Gasteiger partial charge in [0, 0.05) is 53.0 Å². The van der Waals surface area contributed by atoms with E-state index in [1.165, 1.54) is 0 Å². The van der Waals surface area contributed by atoms with Gasteiger partial charge in [0.2, 0.25) is 11.5 Å². The highest BCUT2D eigenvalue weighted by Crippen LogP contribution is 2.38. The van der Waals surface area contributed by atoms with Crippen molar-refractivity contribution in [2.45, 2.75) is 45.1 Å². The lowest BCUT2D eigenvalue weighted by Gasteiger charge is -2.31. The summed E-state index contributed by atoms with van der Waals surface area (Å²) in [5.74, 6) is 0.931. The van der Waals surface area contributed by atoms with Gasteiger partial charge in [-0.05, 0) is 31.7 Å². The molecule has 1 aliphatic rings. The van der Waals surface area contributed by atoms with Crippen LogP contribution in [0.1, 0.15) is 38.5 Å². The van der Waals surface area contributed by atoms with E-state index in [0.29, 0.717) is 13.1 Å². The topological polar surface area (TPSA) is 78.7 Å². The van der Waals surface area contributed by atoms with Crippen LogP contribution in [0, 0.1) is 5.41 Å². The Labute approximate surface area is 161 Å². The third-order valence-electron chi connectivity index (χ3n) is 5.26. The van der Waals surface area contributed by atoms with E-state index < -0.39 is 0 Å². The Bertz CT molecular complexity index is 690. The van der Waals surface area contributed by atoms with E-state index in [4.69, 9.17) is 0 Å². The largest absolute Gasteiger partial charge is 0.356 e. The van der Waals surface area contributed by atoms with Crippen molar-refractivity contribution < 1.29 is 4.79 Å². The molecule has 0 atom stereocenters. The van der Waals surface area contributed by atoms with Gasteiger partial charge in [0.05, 0.1) is 5.41 Å². The molecule has 1 saturated carbocycles. The maximum absolute atomic E-state index is 12.6. The highest BCUT2D eigenvalue weighted by Gasteiger charge is 2.42. The van der Waals surface area contributed by atoms with Crippen LogP contribution in [0.3, 0.4) is 0 Å². The number of amides is 1. The molecule has 0 aliphatic heterocycles. The second-order valence-corrected chi connectivity index (χ2v) is 7.48. The number of carbonyl (C=O) groups excluding carboxylic acids is 1. The molecule has 0 unspecified atom stereocenters. The summed E-state index contributed by atoms with van der Waals surface area (Å²) in [6.45, 7) is 2.10. The molecule has 2 N–H and O–H groups in total. The highest BCUT2D eigenvalue weighted by molar-refractivity contribution is 5.85. The predicted molar refractivity (Wildman–Crippen MR) is 109 cm³/mol. The number of guanidine groups is 1. The maximum Gasteiger partial charge on any atom is 0.250 e. The van der Waals surface area contributed by atoms with Gasteiger partial charge in [0.1, 0.15) is 0 Å². The quantitative estimate of drug-likeness (QED) is 0.409. The minimum absolute atomic E-state index is 0.0374. The monoisotopic (exact) mass is 375 g/mol. The molecule has 27 heavy (non-hydrogen) atoms. The molecule has 1 heterocycles. The number of rotatable bonds is 8. The molecule has 1 aromatic rings. The molecule has 0 saturated heterocycles. The lowest BCUT2D eigenvalue weighted by atomic mass is 9.84. The van der Waals surface area contributed by atoms with E-state index in [2.05, 4.69) is 15.6 Å². The Morgan fingerprint density at radius 2 is 1.96 bits per heavy atom. The first-order valence-corrected chi connectivity index (χ1v) is 9.80. The van der Waals surface area contributed by atoms with E-state index in [1.54, 1.807) is 28.6 Å². The van der Waals surface area contributed by atoms with Gasteiger partial charge in [-0.25, -0.2) is 0 Å². The third-order valence-corrected chi connectivity index (χ3v) is 5.26. The van der Waals surface area contributed by atoms with Gasteiger partial charge < -0.3 is 20.1 Å². The van der Waals surface area contributed by atoms with Crippen molar-refractivity contribution in [1.29, 1.82) is 0 Å². The lowest BCUT2D eigenvalue weighted by Crippen LogP contribution is -2.49. The van der Waals surface area contributed by atoms with Crippen LogP contribution < -0.4 is 16.2 Å². The molecular weight excluding hydrogens is 342 g/mol. The zero-order valence-electron chi connectivity index (χ0n) is 16.8. The lowest BCUT2D eigenvalue weighted by molar-refractivity contribution is -0.138. The molecule has 150 valence electrons. The first-order valence-electron chi connectivity index (χ1n) is 9.80. The smallest absolute Gasteiger partial charge is 0.250 e. The number of aryl methyl sites for hydroxylation is 1. The molecule has 0 radical (unpaired) electrons. The number of hydrogen-bond acceptors (Lipinski definition) is 3. The van der Waals surface area contributed by atoms with Gasteiger partial charge in [-0.1, -0.05) is 18.9 Å². The fourth-order valence-electron chi connectivity index (χ4n) is 3.73. The predicted octanol–water partition coefficient (Wildman–Crippen LogP) is 1.44. The van der Waals surface area contributed by atoms with Crippen LogP contribution in [0.2, 0.25) is 0 Å². The van der Waals surface area contributed by atoms with Crippen molar-refractivity contribution in [3.63, 3.8) is 0 Å². The van der Waals surface area contributed by atoms with Crippen LogP contribution in [0.15, 0.2) is 34.2 Å². The Morgan fingerprint density at radius 3 is 2.59 bits per heavy atom. The summed E-state index contributed by atoms with van der Waals surface area (Å²) in [5.41, 5.74) is -0.273. The van der Waals surface area contributed by atoms with Gasteiger partial charge in [0.15, 0.2) is 5.96 Å². The first kappa shape index (κ1) is 21.0. The van der Waals surface area contributed by atoms with Gasteiger partial charge in [0.25, 0.3) is 0 Å². The Morgan fingerprint density at radius 1 is 1.22 bits per heavy atom. The van der Waals surface area contributed by atoms with Crippen LogP contribution in [0.25, 0.3) is 0 Å². The van der Waals surface area contributed by atoms with Crippen molar-refractivity contribution in [3.05, 3.63) is 34.7 Å². The second-order valence-electron chi connectivity index (χ2n) is 7.48. The SMILES string of the molecule is CN=C(NCCCCn1ccccc1=O)NCC1(C(=O)N(C)C)CCCC1. The number of nitrogens with zero attached hydrogens (tertiary/aromatic N) is 3. The summed E-state index contributed by atoms with van der Waals surface area (Å²) in [6, 6.07) is 5.21. The molecule has 1 fully saturated rings. The average Bonchev–Trinajstić information content (AvgIpc) is 3.14. The summed E-state index contributed by atoms with van der Waals surface area (Å²) in [4.78, 5) is 30.3. The van der Waals surface area contributed by atoms with Gasteiger partial charge >= 0.3 is 0 Å². The molecule has 0 bridgehead atoms. The van der Waals surface area contributed by atoms with Crippen molar-refractivity contribution in [2.75, 3.05) is 34.2 Å². The van der Waals surface area contributed by atoms with Crippen molar-refractivity contribution >= 4 is 11.9 Å². The Kier molecular flexibility index (Phi) is 7.88. The molecule has 2 rings (SSSR count). The minimum Gasteiger partial charge on any atom is -0.356 e. The Hall–Kier alpha value is -2.31. The molecule has 1 aliphatic carbocycles. The number of aromatic nitrogens is 1. The van der Waals surface area contributed by atoms with Crippen molar-refractivity contribution in [2.24, 2.45) is 10.4 Å². The molecule has 7 heteroatoms. The molecule has 1 aromatic heterocycles. The second kappa shape index (κ2) is 10.1. The van der Waals surface area contributed by atoms with Crippen LogP contribution in [0.5, 0.6) is 0 Å². The third kappa shape index (κ3) is 5.84. The number of pyridine rings is 1. The van der Waals surface area contributed by atoms with E-state index in [9.17, 15) is 9.59 Å².